The topological polar surface area (TPSA) is 68.2 Å². The summed E-state index contributed by atoms with van der Waals surface area (Å²) in [5, 5.41) is 12.2. The third kappa shape index (κ3) is 3.40. The maximum Gasteiger partial charge on any atom is 0.247 e. The number of rotatable bonds is 5. The fourth-order valence-electron chi connectivity index (χ4n) is 2.19. The van der Waals surface area contributed by atoms with Crippen LogP contribution in [-0.2, 0) is 13.1 Å². The van der Waals surface area contributed by atoms with Crippen LogP contribution in [0.5, 0.6) is 0 Å². The van der Waals surface area contributed by atoms with Gasteiger partial charge in [0, 0.05) is 18.2 Å². The second kappa shape index (κ2) is 6.11. The van der Waals surface area contributed by atoms with Crippen molar-refractivity contribution in [3.05, 3.63) is 53.2 Å². The molecule has 0 saturated carbocycles. The van der Waals surface area contributed by atoms with Crippen LogP contribution in [-0.4, -0.2) is 27.3 Å². The van der Waals surface area contributed by atoms with E-state index < -0.39 is 0 Å². The van der Waals surface area contributed by atoms with Crippen molar-refractivity contribution < 1.29 is 8.94 Å². The first kappa shape index (κ1) is 14.5. The maximum atomic E-state index is 5.72. The van der Waals surface area contributed by atoms with Gasteiger partial charge in [-0.25, -0.2) is 0 Å². The zero-order valence-electron chi connectivity index (χ0n) is 12.9. The molecule has 6 heteroatoms. The molecule has 0 bridgehead atoms. The molecule has 0 saturated heterocycles. The van der Waals surface area contributed by atoms with Gasteiger partial charge in [0.1, 0.15) is 5.76 Å². The Hall–Kier alpha value is -2.47. The van der Waals surface area contributed by atoms with Crippen molar-refractivity contribution in [3.8, 4) is 11.5 Å². The summed E-state index contributed by atoms with van der Waals surface area (Å²) < 4.78 is 10.8. The minimum Gasteiger partial charge on any atom is -0.419 e. The average Bonchev–Trinajstić information content (AvgIpc) is 3.09. The van der Waals surface area contributed by atoms with E-state index in [1.54, 1.807) is 0 Å². The number of benzene rings is 1. The van der Waals surface area contributed by atoms with E-state index in [4.69, 9.17) is 8.94 Å². The quantitative estimate of drug-likeness (QED) is 0.721. The number of hydrogen-bond acceptors (Lipinski definition) is 6. The fourth-order valence-corrected chi connectivity index (χ4v) is 2.19. The van der Waals surface area contributed by atoms with Crippen LogP contribution in [0.4, 0.5) is 0 Å². The predicted octanol–water partition coefficient (Wildman–Crippen LogP) is 2.97. The second-order valence-corrected chi connectivity index (χ2v) is 5.47. The summed E-state index contributed by atoms with van der Waals surface area (Å²) in [6.45, 7) is 5.15. The van der Waals surface area contributed by atoms with Crippen molar-refractivity contribution in [2.75, 3.05) is 7.05 Å². The summed E-state index contributed by atoms with van der Waals surface area (Å²) in [7, 11) is 1.97. The molecule has 22 heavy (non-hydrogen) atoms. The monoisotopic (exact) mass is 298 g/mol. The highest BCUT2D eigenvalue weighted by molar-refractivity contribution is 5.52. The van der Waals surface area contributed by atoms with Gasteiger partial charge < -0.3 is 8.94 Å². The first-order valence-electron chi connectivity index (χ1n) is 7.10. The lowest BCUT2D eigenvalue weighted by Crippen LogP contribution is -2.17. The molecule has 0 spiro atoms. The van der Waals surface area contributed by atoms with Crippen LogP contribution < -0.4 is 0 Å². The summed E-state index contributed by atoms with van der Waals surface area (Å²) in [5.41, 5.74) is 3.02. The molecule has 3 aromatic rings. The van der Waals surface area contributed by atoms with Crippen molar-refractivity contribution in [1.29, 1.82) is 0 Å². The first-order valence-corrected chi connectivity index (χ1v) is 7.10. The molecule has 0 amide bonds. The van der Waals surface area contributed by atoms with Gasteiger partial charge in [-0.05, 0) is 33.0 Å². The Labute approximate surface area is 128 Å². The molecular weight excluding hydrogens is 280 g/mol. The molecule has 0 radical (unpaired) electrons. The van der Waals surface area contributed by atoms with Crippen molar-refractivity contribution in [2.24, 2.45) is 0 Å². The van der Waals surface area contributed by atoms with E-state index in [9.17, 15) is 0 Å². The van der Waals surface area contributed by atoms with E-state index in [0.29, 0.717) is 24.9 Å². The highest BCUT2D eigenvalue weighted by Gasteiger charge is 2.12. The minimum absolute atomic E-state index is 0.542. The number of nitrogens with zero attached hydrogens (tertiary/aromatic N) is 4. The van der Waals surface area contributed by atoms with Crippen LogP contribution in [0.25, 0.3) is 11.5 Å². The van der Waals surface area contributed by atoms with Crippen LogP contribution in [0.3, 0.4) is 0 Å². The molecule has 2 heterocycles. The molecule has 0 fully saturated rings. The summed E-state index contributed by atoms with van der Waals surface area (Å²) in [6, 6.07) is 9.93. The third-order valence-electron chi connectivity index (χ3n) is 3.28. The highest BCUT2D eigenvalue weighted by Crippen LogP contribution is 2.19. The largest absolute Gasteiger partial charge is 0.419 e. The van der Waals surface area contributed by atoms with Gasteiger partial charge in [-0.1, -0.05) is 22.9 Å². The molecule has 0 aliphatic heterocycles. The summed E-state index contributed by atoms with van der Waals surface area (Å²) in [4.78, 5) is 2.05. The van der Waals surface area contributed by atoms with E-state index in [2.05, 4.69) is 15.4 Å². The Morgan fingerprint density at radius 1 is 1.05 bits per heavy atom. The van der Waals surface area contributed by atoms with E-state index >= 15 is 0 Å². The van der Waals surface area contributed by atoms with E-state index in [1.165, 1.54) is 5.56 Å². The normalized spacial score (nSPS) is 11.3. The van der Waals surface area contributed by atoms with Gasteiger partial charge >= 0.3 is 0 Å². The summed E-state index contributed by atoms with van der Waals surface area (Å²) in [5.74, 6) is 1.93. The fraction of sp³-hybridized carbons (Fsp3) is 0.312. The van der Waals surface area contributed by atoms with Crippen LogP contribution in [0.1, 0.15) is 22.9 Å². The summed E-state index contributed by atoms with van der Waals surface area (Å²) in [6.07, 6.45) is 0. The van der Waals surface area contributed by atoms with Gasteiger partial charge in [-0.2, -0.15) is 0 Å². The van der Waals surface area contributed by atoms with E-state index in [-0.39, 0.29) is 0 Å². The Morgan fingerprint density at radius 3 is 2.50 bits per heavy atom. The van der Waals surface area contributed by atoms with Gasteiger partial charge in [0.25, 0.3) is 0 Å². The van der Waals surface area contributed by atoms with Gasteiger partial charge in [0.05, 0.1) is 12.2 Å². The first-order chi connectivity index (χ1) is 10.6. The standard InChI is InChI=1S/C16H18N4O2/c1-11-4-6-13(7-5-11)16-18-17-15(21-16)10-20(3)9-14-8-12(2)22-19-14/h4-8H,9-10H2,1-3H3. The van der Waals surface area contributed by atoms with Crippen molar-refractivity contribution in [3.63, 3.8) is 0 Å². The van der Waals surface area contributed by atoms with E-state index in [0.717, 1.165) is 17.0 Å². The minimum atomic E-state index is 0.542. The SMILES string of the molecule is Cc1ccc(-c2nnc(CN(C)Cc3cc(C)on3)o2)cc1. The third-order valence-corrected chi connectivity index (χ3v) is 3.28. The number of aryl methyl sites for hydroxylation is 2. The maximum absolute atomic E-state index is 5.72. The smallest absolute Gasteiger partial charge is 0.247 e. The van der Waals surface area contributed by atoms with Gasteiger partial charge in [0.2, 0.25) is 11.8 Å². The molecule has 6 nitrogen and oxygen atoms in total. The Balaban J connectivity index is 1.65. The molecule has 0 N–H and O–H groups in total. The van der Waals surface area contributed by atoms with Crippen molar-refractivity contribution in [1.82, 2.24) is 20.3 Å². The van der Waals surface area contributed by atoms with Gasteiger partial charge in [-0.15, -0.1) is 10.2 Å². The number of aromatic nitrogens is 3. The zero-order valence-corrected chi connectivity index (χ0v) is 12.9. The molecule has 2 aromatic heterocycles. The average molecular weight is 298 g/mol. The van der Waals surface area contributed by atoms with Crippen LogP contribution in [0.15, 0.2) is 39.3 Å². The molecule has 114 valence electrons. The van der Waals surface area contributed by atoms with Crippen molar-refractivity contribution >= 4 is 0 Å². The number of hydrogen-bond donors (Lipinski definition) is 0. The van der Waals surface area contributed by atoms with Crippen LogP contribution in [0, 0.1) is 13.8 Å². The molecule has 1 aromatic carbocycles. The molecule has 0 aliphatic rings. The lowest BCUT2D eigenvalue weighted by molar-refractivity contribution is 0.272. The molecule has 3 rings (SSSR count). The Kier molecular flexibility index (Phi) is 4.02. The Bertz CT molecular complexity index is 746. The lowest BCUT2D eigenvalue weighted by atomic mass is 10.1. The lowest BCUT2D eigenvalue weighted by Gasteiger charge is -2.11. The summed E-state index contributed by atoms with van der Waals surface area (Å²) >= 11 is 0. The van der Waals surface area contributed by atoms with E-state index in [1.807, 2.05) is 56.1 Å². The zero-order chi connectivity index (χ0) is 15.5. The highest BCUT2D eigenvalue weighted by atomic mass is 16.5. The van der Waals surface area contributed by atoms with Crippen LogP contribution >= 0.6 is 0 Å². The predicted molar refractivity (Wildman–Crippen MR) is 80.9 cm³/mol. The van der Waals surface area contributed by atoms with Gasteiger partial charge in [-0.3, -0.25) is 4.90 Å². The Morgan fingerprint density at radius 2 is 1.82 bits per heavy atom. The molecular formula is C16H18N4O2. The van der Waals surface area contributed by atoms with Crippen LogP contribution in [0.2, 0.25) is 0 Å². The molecule has 0 atom stereocenters. The molecule has 0 aliphatic carbocycles. The second-order valence-electron chi connectivity index (χ2n) is 5.47. The van der Waals surface area contributed by atoms with Crippen molar-refractivity contribution in [2.45, 2.75) is 26.9 Å². The van der Waals surface area contributed by atoms with Gasteiger partial charge in [0.15, 0.2) is 0 Å². The molecule has 0 unspecified atom stereocenters.